The number of benzene rings is 1. The van der Waals surface area contributed by atoms with E-state index >= 15 is 0 Å². The van der Waals surface area contributed by atoms with Crippen LogP contribution in [0.4, 0.5) is 0 Å². The van der Waals surface area contributed by atoms with Crippen LogP contribution in [0.5, 0.6) is 0 Å². The molecule has 3 heterocycles. The average molecular weight is 329 g/mol. The monoisotopic (exact) mass is 329 g/mol. The molecule has 0 amide bonds. The van der Waals surface area contributed by atoms with Crippen LogP contribution in [0, 0.1) is 13.8 Å². The average Bonchev–Trinajstić information content (AvgIpc) is 3.29. The second-order valence-corrected chi connectivity index (χ2v) is 6.18. The Kier molecular flexibility index (Phi) is 3.94. The van der Waals surface area contributed by atoms with Crippen molar-refractivity contribution in [3.8, 4) is 11.6 Å². The Morgan fingerprint density at radius 3 is 2.68 bits per heavy atom. The molecule has 4 nitrogen and oxygen atoms in total. The number of hydrogen-bond acceptors (Lipinski definition) is 3. The largest absolute Gasteiger partial charge is 0.461 e. The van der Waals surface area contributed by atoms with Gasteiger partial charge in [-0.25, -0.2) is 4.98 Å². The molecule has 0 fully saturated rings. The number of aromatic nitrogens is 3. The minimum Gasteiger partial charge on any atom is -0.461 e. The molecular formula is C21H19N3O. The molecule has 4 aromatic rings. The number of aryl methyl sites for hydroxylation is 2. The normalized spacial score (nSPS) is 12.2. The van der Waals surface area contributed by atoms with Gasteiger partial charge >= 0.3 is 0 Å². The molecule has 3 aromatic heterocycles. The standard InChI is InChI=1S/C21H19N3O/c1-15-7-8-18(16(2)13-15)20(17-5-3-9-22-14-17)24-11-10-23-21(24)19-6-4-12-25-19/h3-14,20H,1-2H3/t20-/m0/s1. The maximum Gasteiger partial charge on any atom is 0.177 e. The highest BCUT2D eigenvalue weighted by molar-refractivity contribution is 5.50. The van der Waals surface area contributed by atoms with Crippen LogP contribution >= 0.6 is 0 Å². The Bertz CT molecular complexity index is 972. The first-order valence-corrected chi connectivity index (χ1v) is 8.28. The van der Waals surface area contributed by atoms with E-state index in [0.717, 1.165) is 17.1 Å². The summed E-state index contributed by atoms with van der Waals surface area (Å²) in [5, 5.41) is 0. The summed E-state index contributed by atoms with van der Waals surface area (Å²) in [7, 11) is 0. The third kappa shape index (κ3) is 2.87. The van der Waals surface area contributed by atoms with Crippen molar-refractivity contribution in [1.29, 1.82) is 0 Å². The minimum absolute atomic E-state index is 0.0168. The van der Waals surface area contributed by atoms with Gasteiger partial charge < -0.3 is 8.98 Å². The van der Waals surface area contributed by atoms with Crippen LogP contribution in [0.15, 0.2) is 77.9 Å². The summed E-state index contributed by atoms with van der Waals surface area (Å²) in [5.41, 5.74) is 4.83. The summed E-state index contributed by atoms with van der Waals surface area (Å²) < 4.78 is 7.74. The molecule has 0 spiro atoms. The topological polar surface area (TPSA) is 43.9 Å². The first-order chi connectivity index (χ1) is 12.2. The summed E-state index contributed by atoms with van der Waals surface area (Å²) in [6, 6.07) is 14.4. The van der Waals surface area contributed by atoms with Gasteiger partial charge in [0, 0.05) is 24.8 Å². The van der Waals surface area contributed by atoms with E-state index < -0.39 is 0 Å². The first-order valence-electron chi connectivity index (χ1n) is 8.28. The molecule has 1 aromatic carbocycles. The predicted octanol–water partition coefficient (Wildman–Crippen LogP) is 4.79. The molecule has 124 valence electrons. The second kappa shape index (κ2) is 6.40. The molecule has 4 heteroatoms. The fourth-order valence-electron chi connectivity index (χ4n) is 3.28. The molecule has 4 rings (SSSR count). The van der Waals surface area contributed by atoms with E-state index in [1.165, 1.54) is 16.7 Å². The van der Waals surface area contributed by atoms with Gasteiger partial charge in [0.05, 0.1) is 12.3 Å². The summed E-state index contributed by atoms with van der Waals surface area (Å²) >= 11 is 0. The molecule has 0 aliphatic heterocycles. The number of rotatable bonds is 4. The Labute approximate surface area is 146 Å². The van der Waals surface area contributed by atoms with E-state index in [0.29, 0.717) is 0 Å². The highest BCUT2D eigenvalue weighted by atomic mass is 16.3. The highest BCUT2D eigenvalue weighted by Crippen LogP contribution is 2.33. The maximum absolute atomic E-state index is 5.59. The molecule has 0 N–H and O–H groups in total. The molecular weight excluding hydrogens is 310 g/mol. The fraction of sp³-hybridized carbons (Fsp3) is 0.143. The van der Waals surface area contributed by atoms with Gasteiger partial charge in [-0.3, -0.25) is 4.98 Å². The maximum atomic E-state index is 5.59. The molecule has 0 saturated carbocycles. The Morgan fingerprint density at radius 1 is 1.04 bits per heavy atom. The Morgan fingerprint density at radius 2 is 1.96 bits per heavy atom. The number of nitrogens with zero attached hydrogens (tertiary/aromatic N) is 3. The molecule has 0 unspecified atom stereocenters. The molecule has 1 atom stereocenters. The predicted molar refractivity (Wildman–Crippen MR) is 97.3 cm³/mol. The Hall–Kier alpha value is -3.14. The van der Waals surface area contributed by atoms with Crippen molar-refractivity contribution in [1.82, 2.24) is 14.5 Å². The molecule has 0 saturated heterocycles. The van der Waals surface area contributed by atoms with Crippen molar-refractivity contribution in [3.63, 3.8) is 0 Å². The number of furan rings is 1. The molecule has 0 aliphatic rings. The third-order valence-electron chi connectivity index (χ3n) is 4.41. The van der Waals surface area contributed by atoms with E-state index in [9.17, 15) is 0 Å². The quantitative estimate of drug-likeness (QED) is 0.540. The summed E-state index contributed by atoms with van der Waals surface area (Å²) in [6.45, 7) is 4.26. The third-order valence-corrected chi connectivity index (χ3v) is 4.41. The van der Waals surface area contributed by atoms with Gasteiger partial charge in [-0.2, -0.15) is 0 Å². The van der Waals surface area contributed by atoms with Crippen molar-refractivity contribution in [2.75, 3.05) is 0 Å². The van der Waals surface area contributed by atoms with Crippen molar-refractivity contribution in [2.24, 2.45) is 0 Å². The highest BCUT2D eigenvalue weighted by Gasteiger charge is 2.22. The van der Waals surface area contributed by atoms with Gasteiger partial charge in [-0.05, 0) is 48.7 Å². The van der Waals surface area contributed by atoms with Crippen LogP contribution in [0.3, 0.4) is 0 Å². The van der Waals surface area contributed by atoms with Gasteiger partial charge in [0.1, 0.15) is 0 Å². The van der Waals surface area contributed by atoms with E-state index in [4.69, 9.17) is 4.42 Å². The van der Waals surface area contributed by atoms with E-state index in [1.54, 1.807) is 12.5 Å². The summed E-state index contributed by atoms with van der Waals surface area (Å²) in [4.78, 5) is 8.85. The minimum atomic E-state index is -0.0168. The van der Waals surface area contributed by atoms with Crippen LogP contribution in [0.25, 0.3) is 11.6 Å². The second-order valence-electron chi connectivity index (χ2n) is 6.18. The molecule has 25 heavy (non-hydrogen) atoms. The number of pyridine rings is 1. The van der Waals surface area contributed by atoms with Crippen LogP contribution in [0.2, 0.25) is 0 Å². The molecule has 0 radical (unpaired) electrons. The molecule has 0 bridgehead atoms. The number of imidazole rings is 1. The summed E-state index contributed by atoms with van der Waals surface area (Å²) in [5.74, 6) is 1.56. The van der Waals surface area contributed by atoms with Crippen molar-refractivity contribution in [3.05, 3.63) is 95.8 Å². The van der Waals surface area contributed by atoms with Crippen LogP contribution < -0.4 is 0 Å². The zero-order valence-electron chi connectivity index (χ0n) is 14.3. The van der Waals surface area contributed by atoms with E-state index in [1.807, 2.05) is 36.8 Å². The van der Waals surface area contributed by atoms with Crippen molar-refractivity contribution < 1.29 is 4.42 Å². The van der Waals surface area contributed by atoms with Gasteiger partial charge in [0.15, 0.2) is 11.6 Å². The van der Waals surface area contributed by atoms with Gasteiger partial charge in [-0.15, -0.1) is 0 Å². The lowest BCUT2D eigenvalue weighted by Crippen LogP contribution is -2.14. The summed E-state index contributed by atoms with van der Waals surface area (Å²) in [6.07, 6.45) is 9.18. The molecule has 0 aliphatic carbocycles. The van der Waals surface area contributed by atoms with Crippen LogP contribution in [-0.2, 0) is 0 Å². The zero-order chi connectivity index (χ0) is 17.2. The van der Waals surface area contributed by atoms with Crippen molar-refractivity contribution in [2.45, 2.75) is 19.9 Å². The Balaban J connectivity index is 1.92. The lowest BCUT2D eigenvalue weighted by molar-refractivity contribution is 0.565. The SMILES string of the molecule is Cc1ccc([C@H](c2cccnc2)n2ccnc2-c2ccco2)c(C)c1. The number of hydrogen-bond donors (Lipinski definition) is 0. The lowest BCUT2D eigenvalue weighted by atomic mass is 9.94. The van der Waals surface area contributed by atoms with Gasteiger partial charge in [0.2, 0.25) is 0 Å². The van der Waals surface area contributed by atoms with Crippen molar-refractivity contribution >= 4 is 0 Å². The van der Waals surface area contributed by atoms with E-state index in [2.05, 4.69) is 52.6 Å². The van der Waals surface area contributed by atoms with E-state index in [-0.39, 0.29) is 6.04 Å². The van der Waals surface area contributed by atoms with Gasteiger partial charge in [-0.1, -0.05) is 29.8 Å². The van der Waals surface area contributed by atoms with Gasteiger partial charge in [0.25, 0.3) is 0 Å². The fourth-order valence-corrected chi connectivity index (χ4v) is 3.28. The lowest BCUT2D eigenvalue weighted by Gasteiger charge is -2.23. The zero-order valence-corrected chi connectivity index (χ0v) is 14.3. The first kappa shape index (κ1) is 15.4. The van der Waals surface area contributed by atoms with Crippen LogP contribution in [-0.4, -0.2) is 14.5 Å². The van der Waals surface area contributed by atoms with Crippen LogP contribution in [0.1, 0.15) is 28.3 Å². The smallest absolute Gasteiger partial charge is 0.177 e.